The van der Waals surface area contributed by atoms with E-state index in [1.807, 2.05) is 6.07 Å². The van der Waals surface area contributed by atoms with Crippen LogP contribution in [-0.4, -0.2) is 29.0 Å². The minimum Gasteiger partial charge on any atom is -0.507 e. The molecule has 1 aromatic heterocycles. The predicted molar refractivity (Wildman–Crippen MR) is 99.3 cm³/mol. The summed E-state index contributed by atoms with van der Waals surface area (Å²) in [6, 6.07) is 13.6. The van der Waals surface area contributed by atoms with E-state index in [4.69, 9.17) is 4.42 Å². The van der Waals surface area contributed by atoms with E-state index in [1.165, 1.54) is 6.07 Å². The third-order valence-corrected chi connectivity index (χ3v) is 4.80. The van der Waals surface area contributed by atoms with Gasteiger partial charge >= 0.3 is 0 Å². The molecule has 1 aliphatic rings. The van der Waals surface area contributed by atoms with E-state index in [0.717, 1.165) is 19.3 Å². The quantitative estimate of drug-likeness (QED) is 0.764. The molecule has 5 heteroatoms. The van der Waals surface area contributed by atoms with Gasteiger partial charge in [0.15, 0.2) is 0 Å². The highest BCUT2D eigenvalue weighted by molar-refractivity contribution is 6.01. The van der Waals surface area contributed by atoms with Crippen LogP contribution in [0.25, 0.3) is 22.1 Å². The molecule has 0 radical (unpaired) electrons. The van der Waals surface area contributed by atoms with Crippen LogP contribution in [0.2, 0.25) is 0 Å². The van der Waals surface area contributed by atoms with Gasteiger partial charge in [0.25, 0.3) is 5.91 Å². The maximum atomic E-state index is 13.2. The largest absolute Gasteiger partial charge is 0.507 e. The highest BCUT2D eigenvalue weighted by Gasteiger charge is 2.27. The summed E-state index contributed by atoms with van der Waals surface area (Å²) in [5.74, 6) is -0.377. The van der Waals surface area contributed by atoms with Crippen molar-refractivity contribution in [3.63, 3.8) is 0 Å². The summed E-state index contributed by atoms with van der Waals surface area (Å²) in [5.41, 5.74) is 0.632. The van der Waals surface area contributed by atoms with Crippen LogP contribution in [0.5, 0.6) is 5.75 Å². The number of piperidine rings is 1. The minimum absolute atomic E-state index is 0.0428. The van der Waals surface area contributed by atoms with E-state index < -0.39 is 5.43 Å². The minimum atomic E-state index is -0.393. The Kier molecular flexibility index (Phi) is 4.21. The fraction of sp³-hybridized carbons (Fsp3) is 0.238. The molecule has 4 rings (SSSR count). The van der Waals surface area contributed by atoms with E-state index in [9.17, 15) is 14.7 Å². The Balaban J connectivity index is 1.98. The van der Waals surface area contributed by atoms with Crippen LogP contribution in [-0.2, 0) is 0 Å². The predicted octanol–water partition coefficient (Wildman–Crippen LogP) is 3.79. The number of fused-ring (bicyclic) bond motifs is 1. The molecule has 0 spiro atoms. The van der Waals surface area contributed by atoms with E-state index in [0.29, 0.717) is 18.7 Å². The summed E-state index contributed by atoms with van der Waals surface area (Å²) < 4.78 is 5.87. The van der Waals surface area contributed by atoms with Crippen molar-refractivity contribution in [2.45, 2.75) is 19.3 Å². The molecular weight excluding hydrogens is 330 g/mol. The Hall–Kier alpha value is -3.08. The molecular formula is C21H19NO4. The van der Waals surface area contributed by atoms with Crippen LogP contribution in [0, 0.1) is 0 Å². The third-order valence-electron chi connectivity index (χ3n) is 4.80. The number of hydrogen-bond acceptors (Lipinski definition) is 4. The number of likely N-dealkylation sites (tertiary alicyclic amines) is 1. The van der Waals surface area contributed by atoms with Crippen molar-refractivity contribution in [2.75, 3.05) is 13.1 Å². The van der Waals surface area contributed by atoms with Crippen molar-refractivity contribution in [3.8, 4) is 16.9 Å². The van der Waals surface area contributed by atoms with Crippen LogP contribution >= 0.6 is 0 Å². The van der Waals surface area contributed by atoms with E-state index in [2.05, 4.69) is 0 Å². The Morgan fingerprint density at radius 3 is 2.42 bits per heavy atom. The van der Waals surface area contributed by atoms with Gasteiger partial charge in [-0.25, -0.2) is 0 Å². The average Bonchev–Trinajstić information content (AvgIpc) is 2.68. The van der Waals surface area contributed by atoms with E-state index >= 15 is 0 Å². The average molecular weight is 349 g/mol. The highest BCUT2D eigenvalue weighted by Crippen LogP contribution is 2.29. The maximum absolute atomic E-state index is 13.2. The lowest BCUT2D eigenvalue weighted by Crippen LogP contribution is -2.36. The number of nitrogens with zero attached hydrogens (tertiary/aromatic N) is 1. The molecule has 1 amide bonds. The molecule has 132 valence electrons. The first-order valence-electron chi connectivity index (χ1n) is 8.80. The first kappa shape index (κ1) is 16.4. The molecule has 1 saturated heterocycles. The molecule has 2 heterocycles. The summed E-state index contributed by atoms with van der Waals surface area (Å²) in [6.07, 6.45) is 3.00. The topological polar surface area (TPSA) is 70.7 Å². The smallest absolute Gasteiger partial charge is 0.290 e. The van der Waals surface area contributed by atoms with Crippen molar-refractivity contribution >= 4 is 16.9 Å². The van der Waals surface area contributed by atoms with Crippen LogP contribution in [0.15, 0.2) is 57.7 Å². The number of hydrogen-bond donors (Lipinski definition) is 1. The summed E-state index contributed by atoms with van der Waals surface area (Å²) in [4.78, 5) is 28.0. The number of amides is 1. The van der Waals surface area contributed by atoms with Crippen molar-refractivity contribution in [1.29, 1.82) is 0 Å². The molecule has 0 atom stereocenters. The Morgan fingerprint density at radius 1 is 0.962 bits per heavy atom. The van der Waals surface area contributed by atoms with Crippen LogP contribution in [0.4, 0.5) is 0 Å². The standard InChI is InChI=1S/C21H19NO4/c23-15-10-7-11-16-18(15)19(24)17(14-8-3-1-4-9-14)20(26-16)21(25)22-12-5-2-6-13-22/h1,3-4,7-11,23H,2,5-6,12-13H2. The molecule has 0 unspecified atom stereocenters. The number of phenolic OH excluding ortho intramolecular Hbond substituents is 1. The van der Waals surface area contributed by atoms with Gasteiger partial charge < -0.3 is 14.4 Å². The van der Waals surface area contributed by atoms with Gasteiger partial charge in [-0.05, 0) is 37.0 Å². The molecule has 3 aromatic rings. The summed E-state index contributed by atoms with van der Waals surface area (Å²) in [6.45, 7) is 1.32. The van der Waals surface area contributed by atoms with E-state index in [1.54, 1.807) is 41.3 Å². The van der Waals surface area contributed by atoms with Crippen LogP contribution in [0.1, 0.15) is 29.8 Å². The fourth-order valence-electron chi connectivity index (χ4n) is 3.48. The van der Waals surface area contributed by atoms with Gasteiger partial charge in [-0.1, -0.05) is 36.4 Å². The van der Waals surface area contributed by atoms with Crippen molar-refractivity contribution < 1.29 is 14.3 Å². The number of rotatable bonds is 2. The van der Waals surface area contributed by atoms with Gasteiger partial charge in [-0.15, -0.1) is 0 Å². The van der Waals surface area contributed by atoms with Crippen LogP contribution < -0.4 is 5.43 Å². The molecule has 26 heavy (non-hydrogen) atoms. The zero-order valence-corrected chi connectivity index (χ0v) is 14.3. The van der Waals surface area contributed by atoms with Gasteiger partial charge in [0.2, 0.25) is 11.2 Å². The normalized spacial score (nSPS) is 14.5. The molecule has 0 saturated carbocycles. The van der Waals surface area contributed by atoms with Gasteiger partial charge in [-0.3, -0.25) is 9.59 Å². The molecule has 2 aromatic carbocycles. The zero-order chi connectivity index (χ0) is 18.1. The molecule has 5 nitrogen and oxygen atoms in total. The van der Waals surface area contributed by atoms with Crippen molar-refractivity contribution in [2.24, 2.45) is 0 Å². The second kappa shape index (κ2) is 6.67. The first-order chi connectivity index (χ1) is 12.7. The van der Waals surface area contributed by atoms with Gasteiger partial charge in [0.05, 0.1) is 5.56 Å². The number of phenols is 1. The Bertz CT molecular complexity index is 1020. The number of benzene rings is 2. The lowest BCUT2D eigenvalue weighted by atomic mass is 10.0. The fourth-order valence-corrected chi connectivity index (χ4v) is 3.48. The number of carbonyl (C=O) groups is 1. The molecule has 0 aliphatic carbocycles. The van der Waals surface area contributed by atoms with Gasteiger partial charge in [0, 0.05) is 13.1 Å². The summed E-state index contributed by atoms with van der Waals surface area (Å²) in [5, 5.41) is 10.2. The number of aromatic hydroxyl groups is 1. The second-order valence-corrected chi connectivity index (χ2v) is 6.50. The second-order valence-electron chi connectivity index (χ2n) is 6.50. The van der Waals surface area contributed by atoms with Crippen LogP contribution in [0.3, 0.4) is 0 Å². The van der Waals surface area contributed by atoms with Gasteiger partial charge in [-0.2, -0.15) is 0 Å². The summed E-state index contributed by atoms with van der Waals surface area (Å²) >= 11 is 0. The zero-order valence-electron chi connectivity index (χ0n) is 14.3. The first-order valence-corrected chi connectivity index (χ1v) is 8.80. The number of carbonyl (C=O) groups excluding carboxylic acids is 1. The van der Waals surface area contributed by atoms with Crippen molar-refractivity contribution in [3.05, 3.63) is 64.5 Å². The Labute approximate surface area is 150 Å². The lowest BCUT2D eigenvalue weighted by molar-refractivity contribution is 0.0694. The highest BCUT2D eigenvalue weighted by atomic mass is 16.3. The summed E-state index contributed by atoms with van der Waals surface area (Å²) in [7, 11) is 0. The molecule has 1 fully saturated rings. The molecule has 1 aliphatic heterocycles. The van der Waals surface area contributed by atoms with Crippen molar-refractivity contribution in [1.82, 2.24) is 4.90 Å². The van der Waals surface area contributed by atoms with E-state index in [-0.39, 0.29) is 33.9 Å². The SMILES string of the molecule is O=C(c1oc2cccc(O)c2c(=O)c1-c1ccccc1)N1CCCCC1. The monoisotopic (exact) mass is 349 g/mol. The third kappa shape index (κ3) is 2.75. The maximum Gasteiger partial charge on any atom is 0.290 e. The molecule has 0 bridgehead atoms. The molecule has 1 N–H and O–H groups in total. The van der Waals surface area contributed by atoms with Gasteiger partial charge in [0.1, 0.15) is 16.7 Å². The lowest BCUT2D eigenvalue weighted by Gasteiger charge is -2.26. The Morgan fingerprint density at radius 2 is 1.69 bits per heavy atom.